The van der Waals surface area contributed by atoms with Gasteiger partial charge in [0.1, 0.15) is 11.6 Å². The number of nitrogens with zero attached hydrogens (tertiary/aromatic N) is 4. The first-order valence-electron chi connectivity index (χ1n) is 11.3. The summed E-state index contributed by atoms with van der Waals surface area (Å²) >= 11 is 0. The summed E-state index contributed by atoms with van der Waals surface area (Å²) in [5, 5.41) is 11.4. The van der Waals surface area contributed by atoms with Gasteiger partial charge in [0.25, 0.3) is 0 Å². The molecule has 0 unspecified atom stereocenters. The Labute approximate surface area is 196 Å². The second-order valence-electron chi connectivity index (χ2n) is 8.52. The minimum Gasteiger partial charge on any atom is -0.323 e. The lowest BCUT2D eigenvalue weighted by molar-refractivity contribution is 0.243. The van der Waals surface area contributed by atoms with Gasteiger partial charge in [-0.05, 0) is 23.8 Å². The molecule has 3 aromatic carbocycles. The average molecular weight is 451 g/mol. The van der Waals surface area contributed by atoms with Crippen LogP contribution >= 0.6 is 0 Å². The normalized spacial score (nSPS) is 13.7. The molecule has 3 heterocycles. The summed E-state index contributed by atoms with van der Waals surface area (Å²) in [6.07, 6.45) is 0.829. The average Bonchev–Trinajstić information content (AvgIpc) is 3.27. The molecule has 7 heteroatoms. The summed E-state index contributed by atoms with van der Waals surface area (Å²) in [5.41, 5.74) is 5.08. The van der Waals surface area contributed by atoms with Crippen LogP contribution in [0.4, 0.5) is 16.0 Å². The third-order valence-electron chi connectivity index (χ3n) is 6.18. The quantitative estimate of drug-likeness (QED) is 0.372. The molecule has 1 aliphatic rings. The van der Waals surface area contributed by atoms with Crippen LogP contribution in [0.25, 0.3) is 22.3 Å². The van der Waals surface area contributed by atoms with Crippen LogP contribution in [0.2, 0.25) is 0 Å². The molecule has 6 rings (SSSR count). The van der Waals surface area contributed by atoms with Crippen LogP contribution in [0.3, 0.4) is 0 Å². The fourth-order valence-corrected chi connectivity index (χ4v) is 4.46. The molecule has 0 radical (unpaired) electrons. The minimum atomic E-state index is -0.305. The topological polar surface area (TPSA) is 69.7 Å². The number of benzene rings is 3. The van der Waals surface area contributed by atoms with Crippen molar-refractivity contribution in [2.45, 2.75) is 19.5 Å². The van der Waals surface area contributed by atoms with Crippen molar-refractivity contribution in [3.8, 4) is 11.4 Å². The summed E-state index contributed by atoms with van der Waals surface area (Å²) in [5.74, 6) is 1.62. The number of nitrogens with one attached hydrogen (secondary N) is 2. The highest BCUT2D eigenvalue weighted by atomic mass is 19.1. The van der Waals surface area contributed by atoms with E-state index >= 15 is 0 Å². The van der Waals surface area contributed by atoms with E-state index in [2.05, 4.69) is 44.7 Å². The number of hydrogen-bond acceptors (Lipinski definition) is 5. The fraction of sp³-hybridized carbons (Fsp3) is 0.148. The zero-order chi connectivity index (χ0) is 22.9. The Kier molecular flexibility index (Phi) is 5.24. The highest BCUT2D eigenvalue weighted by molar-refractivity contribution is 5.91. The largest absolute Gasteiger partial charge is 0.323 e. The molecule has 6 nitrogen and oxygen atoms in total. The molecule has 0 saturated heterocycles. The lowest BCUT2D eigenvalue weighted by atomic mass is 10.0. The van der Waals surface area contributed by atoms with Crippen molar-refractivity contribution in [1.82, 2.24) is 25.1 Å². The number of aromatic amines is 1. The van der Waals surface area contributed by atoms with Crippen molar-refractivity contribution in [3.63, 3.8) is 0 Å². The molecule has 0 aliphatic carbocycles. The predicted octanol–water partition coefficient (Wildman–Crippen LogP) is 5.46. The Morgan fingerprint density at radius 1 is 0.912 bits per heavy atom. The van der Waals surface area contributed by atoms with Gasteiger partial charge >= 0.3 is 0 Å². The minimum absolute atomic E-state index is 0.305. The Bertz CT molecular complexity index is 1450. The number of fused-ring (bicyclic) bond motifs is 2. The van der Waals surface area contributed by atoms with E-state index in [1.165, 1.54) is 17.7 Å². The molecule has 0 atom stereocenters. The molecule has 2 aromatic heterocycles. The Morgan fingerprint density at radius 3 is 2.53 bits per heavy atom. The maximum atomic E-state index is 13.9. The van der Waals surface area contributed by atoms with Crippen LogP contribution in [-0.2, 0) is 19.5 Å². The SMILES string of the molecule is Fc1ccc2[nH]nc(Nc3nc(-c4ccccc4)nc4c3CN(Cc3ccccc3)CC4)c2c1. The van der Waals surface area contributed by atoms with E-state index in [-0.39, 0.29) is 5.82 Å². The number of aromatic nitrogens is 4. The Morgan fingerprint density at radius 2 is 1.71 bits per heavy atom. The molecule has 168 valence electrons. The molecule has 0 fully saturated rings. The van der Waals surface area contributed by atoms with E-state index in [1.54, 1.807) is 6.07 Å². The van der Waals surface area contributed by atoms with Gasteiger partial charge in [0.15, 0.2) is 11.6 Å². The first-order chi connectivity index (χ1) is 16.7. The van der Waals surface area contributed by atoms with Gasteiger partial charge in [-0.2, -0.15) is 5.10 Å². The smallest absolute Gasteiger partial charge is 0.161 e. The van der Waals surface area contributed by atoms with Crippen molar-refractivity contribution in [2.24, 2.45) is 0 Å². The monoisotopic (exact) mass is 450 g/mol. The van der Waals surface area contributed by atoms with Crippen molar-refractivity contribution in [1.29, 1.82) is 0 Å². The summed E-state index contributed by atoms with van der Waals surface area (Å²) in [6.45, 7) is 2.50. The number of hydrogen-bond donors (Lipinski definition) is 2. The van der Waals surface area contributed by atoms with Crippen LogP contribution in [0, 0.1) is 5.82 Å². The first kappa shape index (κ1) is 20.5. The number of anilines is 2. The lowest BCUT2D eigenvalue weighted by Crippen LogP contribution is -2.31. The molecular formula is C27H23FN6. The van der Waals surface area contributed by atoms with E-state index < -0.39 is 0 Å². The van der Waals surface area contributed by atoms with E-state index in [0.717, 1.165) is 48.4 Å². The molecule has 0 bridgehead atoms. The second kappa shape index (κ2) is 8.68. The first-order valence-corrected chi connectivity index (χ1v) is 11.3. The van der Waals surface area contributed by atoms with Crippen LogP contribution in [0.1, 0.15) is 16.8 Å². The highest BCUT2D eigenvalue weighted by Gasteiger charge is 2.24. The highest BCUT2D eigenvalue weighted by Crippen LogP contribution is 2.31. The second-order valence-corrected chi connectivity index (χ2v) is 8.52. The van der Waals surface area contributed by atoms with Crippen LogP contribution in [-0.4, -0.2) is 31.6 Å². The lowest BCUT2D eigenvalue weighted by Gasteiger charge is -2.29. The number of rotatable bonds is 5. The standard InChI is InChI=1S/C27H23FN6/c28-20-11-12-24-21(15-20)27(33-32-24)31-26-22-17-34(16-18-7-3-1-4-8-18)14-13-23(22)29-25(30-26)19-9-5-2-6-10-19/h1-12,15H,13-14,16-17H2,(H2,29,30,31,32,33). The van der Waals surface area contributed by atoms with Gasteiger partial charge in [0, 0.05) is 42.6 Å². The van der Waals surface area contributed by atoms with Crippen LogP contribution in [0.5, 0.6) is 0 Å². The van der Waals surface area contributed by atoms with Crippen molar-refractivity contribution < 1.29 is 4.39 Å². The molecule has 0 amide bonds. The van der Waals surface area contributed by atoms with Crippen molar-refractivity contribution in [3.05, 3.63) is 102 Å². The van der Waals surface area contributed by atoms with E-state index in [4.69, 9.17) is 9.97 Å². The maximum Gasteiger partial charge on any atom is 0.161 e. The van der Waals surface area contributed by atoms with Crippen LogP contribution < -0.4 is 5.32 Å². The third-order valence-corrected chi connectivity index (χ3v) is 6.18. The molecule has 1 aliphatic heterocycles. The Balaban J connectivity index is 1.40. The zero-order valence-corrected chi connectivity index (χ0v) is 18.5. The van der Waals surface area contributed by atoms with Crippen molar-refractivity contribution >= 4 is 22.5 Å². The number of halogens is 1. The van der Waals surface area contributed by atoms with E-state index in [9.17, 15) is 4.39 Å². The van der Waals surface area contributed by atoms with Crippen LogP contribution in [0.15, 0.2) is 78.9 Å². The van der Waals surface area contributed by atoms with Gasteiger partial charge in [0.05, 0.1) is 11.2 Å². The molecule has 5 aromatic rings. The molecular weight excluding hydrogens is 427 g/mol. The van der Waals surface area contributed by atoms with E-state index in [1.807, 2.05) is 36.4 Å². The van der Waals surface area contributed by atoms with Gasteiger partial charge in [0.2, 0.25) is 0 Å². The summed E-state index contributed by atoms with van der Waals surface area (Å²) in [7, 11) is 0. The molecule has 0 spiro atoms. The van der Waals surface area contributed by atoms with Gasteiger partial charge in [-0.1, -0.05) is 60.7 Å². The summed E-state index contributed by atoms with van der Waals surface area (Å²) < 4.78 is 13.9. The molecule has 0 saturated carbocycles. The summed E-state index contributed by atoms with van der Waals surface area (Å²) in [4.78, 5) is 12.2. The van der Waals surface area contributed by atoms with E-state index in [0.29, 0.717) is 22.8 Å². The van der Waals surface area contributed by atoms with Crippen molar-refractivity contribution in [2.75, 3.05) is 11.9 Å². The van der Waals surface area contributed by atoms with Gasteiger partial charge in [-0.15, -0.1) is 0 Å². The fourth-order valence-electron chi connectivity index (χ4n) is 4.46. The maximum absolute atomic E-state index is 13.9. The van der Waals surface area contributed by atoms with Gasteiger partial charge in [-0.25, -0.2) is 14.4 Å². The molecule has 34 heavy (non-hydrogen) atoms. The van der Waals surface area contributed by atoms with Gasteiger partial charge in [-0.3, -0.25) is 10.00 Å². The summed E-state index contributed by atoms with van der Waals surface area (Å²) in [6, 6.07) is 25.0. The Hall–Kier alpha value is -4.10. The third kappa shape index (κ3) is 4.02. The zero-order valence-electron chi connectivity index (χ0n) is 18.5. The predicted molar refractivity (Wildman–Crippen MR) is 131 cm³/mol. The molecule has 2 N–H and O–H groups in total. The number of H-pyrrole nitrogens is 1. The van der Waals surface area contributed by atoms with Gasteiger partial charge < -0.3 is 5.32 Å².